The van der Waals surface area contributed by atoms with Gasteiger partial charge in [-0.2, -0.15) is 0 Å². The summed E-state index contributed by atoms with van der Waals surface area (Å²) in [6, 6.07) is 4.13. The average Bonchev–Trinajstić information content (AvgIpc) is 2.62. The van der Waals surface area contributed by atoms with Crippen LogP contribution in [0, 0.1) is 6.92 Å². The second-order valence-corrected chi connectivity index (χ2v) is 6.04. The second kappa shape index (κ2) is 4.60. The highest BCUT2D eigenvalue weighted by atomic mass is 35.5. The lowest BCUT2D eigenvalue weighted by molar-refractivity contribution is 0.496. The molecule has 1 aromatic carbocycles. The van der Waals surface area contributed by atoms with E-state index in [2.05, 4.69) is 50.0 Å². The molecule has 1 heterocycles. The van der Waals surface area contributed by atoms with Crippen molar-refractivity contribution in [1.29, 1.82) is 0 Å². The largest absolute Gasteiger partial charge is 0.350 e. The van der Waals surface area contributed by atoms with Gasteiger partial charge in [0.25, 0.3) is 0 Å². The summed E-state index contributed by atoms with van der Waals surface area (Å²) < 4.78 is 2.18. The van der Waals surface area contributed by atoms with Crippen LogP contribution in [0.5, 0.6) is 0 Å². The average molecular weight is 265 g/mol. The van der Waals surface area contributed by atoms with E-state index in [0.29, 0.717) is 0 Å². The monoisotopic (exact) mass is 264 g/mol. The van der Waals surface area contributed by atoms with Crippen molar-refractivity contribution in [3.63, 3.8) is 0 Å². The van der Waals surface area contributed by atoms with Crippen LogP contribution in [0.1, 0.15) is 25.0 Å². The van der Waals surface area contributed by atoms with Crippen LogP contribution < -0.4 is 5.32 Å². The molecule has 98 valence electrons. The van der Waals surface area contributed by atoms with Crippen molar-refractivity contribution in [3.8, 4) is 0 Å². The number of aromatic nitrogens is 1. The van der Waals surface area contributed by atoms with Crippen molar-refractivity contribution in [2.45, 2.75) is 26.2 Å². The zero-order chi connectivity index (χ0) is 13.5. The zero-order valence-corrected chi connectivity index (χ0v) is 12.5. The smallest absolute Gasteiger partial charge is 0.0525 e. The Balaban J connectivity index is 2.72. The van der Waals surface area contributed by atoms with Gasteiger partial charge in [0.1, 0.15) is 0 Å². The zero-order valence-electron chi connectivity index (χ0n) is 11.8. The Labute approximate surface area is 114 Å². The molecule has 0 aliphatic rings. The van der Waals surface area contributed by atoms with Gasteiger partial charge in [-0.1, -0.05) is 31.5 Å². The molecule has 0 aliphatic carbocycles. The van der Waals surface area contributed by atoms with Gasteiger partial charge >= 0.3 is 0 Å². The molecular weight excluding hydrogens is 244 g/mol. The maximum absolute atomic E-state index is 6.22. The summed E-state index contributed by atoms with van der Waals surface area (Å²) in [4.78, 5) is 0. The molecule has 0 unspecified atom stereocenters. The van der Waals surface area contributed by atoms with Crippen LogP contribution in [0.3, 0.4) is 0 Å². The molecule has 0 atom stereocenters. The van der Waals surface area contributed by atoms with Crippen LogP contribution in [0.25, 0.3) is 10.9 Å². The summed E-state index contributed by atoms with van der Waals surface area (Å²) in [5, 5.41) is 5.41. The van der Waals surface area contributed by atoms with Crippen molar-refractivity contribution in [3.05, 3.63) is 34.5 Å². The molecule has 18 heavy (non-hydrogen) atoms. The summed E-state index contributed by atoms with van der Waals surface area (Å²) in [5.74, 6) is 0. The molecule has 0 amide bonds. The summed E-state index contributed by atoms with van der Waals surface area (Å²) in [6.07, 6.45) is 2.23. The van der Waals surface area contributed by atoms with E-state index in [0.717, 1.165) is 17.1 Å². The fourth-order valence-corrected chi connectivity index (χ4v) is 2.90. The molecule has 0 bridgehead atoms. The van der Waals surface area contributed by atoms with E-state index in [-0.39, 0.29) is 5.41 Å². The van der Waals surface area contributed by atoms with Crippen LogP contribution in [-0.4, -0.2) is 18.2 Å². The van der Waals surface area contributed by atoms with Crippen LogP contribution in [0.4, 0.5) is 0 Å². The van der Waals surface area contributed by atoms with E-state index < -0.39 is 0 Å². The van der Waals surface area contributed by atoms with Gasteiger partial charge in [-0.05, 0) is 31.2 Å². The van der Waals surface area contributed by atoms with Crippen molar-refractivity contribution in [1.82, 2.24) is 9.88 Å². The van der Waals surface area contributed by atoms with Crippen LogP contribution in [0.2, 0.25) is 5.02 Å². The fourth-order valence-electron chi connectivity index (χ4n) is 2.75. The molecule has 0 saturated carbocycles. The molecule has 1 aromatic heterocycles. The molecule has 3 heteroatoms. The standard InChI is InChI=1S/C15H21ClN2/c1-10-13(16)7-6-11-12(8-18(5)14(10)11)15(2,3)9-17-4/h6-8,17H,9H2,1-5H3. The molecule has 2 rings (SSSR count). The molecule has 0 fully saturated rings. The summed E-state index contributed by atoms with van der Waals surface area (Å²) >= 11 is 6.22. The predicted octanol–water partition coefficient (Wildman–Crippen LogP) is 3.64. The lowest BCUT2D eigenvalue weighted by Gasteiger charge is -2.24. The van der Waals surface area contributed by atoms with E-state index in [9.17, 15) is 0 Å². The van der Waals surface area contributed by atoms with Crippen LogP contribution >= 0.6 is 11.6 Å². The Morgan fingerprint density at radius 3 is 2.61 bits per heavy atom. The number of nitrogens with zero attached hydrogens (tertiary/aromatic N) is 1. The number of nitrogens with one attached hydrogen (secondary N) is 1. The van der Waals surface area contributed by atoms with Gasteiger partial charge in [0, 0.05) is 35.6 Å². The van der Waals surface area contributed by atoms with E-state index >= 15 is 0 Å². The normalized spacial score (nSPS) is 12.3. The van der Waals surface area contributed by atoms with Gasteiger partial charge < -0.3 is 9.88 Å². The minimum atomic E-state index is 0.106. The first-order valence-electron chi connectivity index (χ1n) is 6.27. The number of hydrogen-bond acceptors (Lipinski definition) is 1. The first-order valence-corrected chi connectivity index (χ1v) is 6.65. The number of benzene rings is 1. The Morgan fingerprint density at radius 2 is 2.00 bits per heavy atom. The van der Waals surface area contributed by atoms with Crippen LogP contribution in [-0.2, 0) is 12.5 Å². The number of likely N-dealkylation sites (N-methyl/N-ethyl adjacent to an activating group) is 1. The Morgan fingerprint density at radius 1 is 1.33 bits per heavy atom. The molecular formula is C15H21ClN2. The van der Waals surface area contributed by atoms with E-state index in [1.165, 1.54) is 16.5 Å². The van der Waals surface area contributed by atoms with E-state index in [4.69, 9.17) is 11.6 Å². The molecule has 0 spiro atoms. The topological polar surface area (TPSA) is 17.0 Å². The van der Waals surface area contributed by atoms with Gasteiger partial charge in [0.05, 0.1) is 5.52 Å². The highest BCUT2D eigenvalue weighted by Gasteiger charge is 2.24. The maximum atomic E-state index is 6.22. The Kier molecular flexibility index (Phi) is 3.43. The molecule has 0 radical (unpaired) electrons. The minimum Gasteiger partial charge on any atom is -0.350 e. The van der Waals surface area contributed by atoms with E-state index in [1.54, 1.807) is 0 Å². The summed E-state index contributed by atoms with van der Waals surface area (Å²) in [7, 11) is 4.08. The minimum absolute atomic E-state index is 0.106. The number of hydrogen-bond donors (Lipinski definition) is 1. The van der Waals surface area contributed by atoms with Gasteiger partial charge in [0.2, 0.25) is 0 Å². The molecule has 0 saturated heterocycles. The molecule has 2 aromatic rings. The second-order valence-electron chi connectivity index (χ2n) is 5.64. The van der Waals surface area contributed by atoms with Crippen LogP contribution in [0.15, 0.2) is 18.3 Å². The number of rotatable bonds is 3. The third-order valence-electron chi connectivity index (χ3n) is 3.68. The van der Waals surface area contributed by atoms with Crippen molar-refractivity contribution in [2.24, 2.45) is 7.05 Å². The highest BCUT2D eigenvalue weighted by molar-refractivity contribution is 6.32. The van der Waals surface area contributed by atoms with E-state index in [1.807, 2.05) is 13.1 Å². The van der Waals surface area contributed by atoms with Gasteiger partial charge in [-0.15, -0.1) is 0 Å². The maximum Gasteiger partial charge on any atom is 0.0525 e. The quantitative estimate of drug-likeness (QED) is 0.896. The van der Waals surface area contributed by atoms with Crippen molar-refractivity contribution < 1.29 is 0 Å². The SMILES string of the molecule is CNCC(C)(C)c1cn(C)c2c(C)c(Cl)ccc12. The first kappa shape index (κ1) is 13.4. The molecule has 1 N–H and O–H groups in total. The van der Waals surface area contributed by atoms with Crippen molar-refractivity contribution >= 4 is 22.5 Å². The van der Waals surface area contributed by atoms with Crippen molar-refractivity contribution in [2.75, 3.05) is 13.6 Å². The fraction of sp³-hybridized carbons (Fsp3) is 0.467. The summed E-state index contributed by atoms with van der Waals surface area (Å²) in [6.45, 7) is 7.57. The molecule has 0 aliphatic heterocycles. The number of fused-ring (bicyclic) bond motifs is 1. The number of halogens is 1. The third kappa shape index (κ3) is 2.04. The van der Waals surface area contributed by atoms with Gasteiger partial charge in [0.15, 0.2) is 0 Å². The first-order chi connectivity index (χ1) is 8.38. The van der Waals surface area contributed by atoms with Gasteiger partial charge in [-0.25, -0.2) is 0 Å². The Bertz CT molecular complexity index is 582. The number of aryl methyl sites for hydroxylation is 2. The predicted molar refractivity (Wildman–Crippen MR) is 79.6 cm³/mol. The van der Waals surface area contributed by atoms with Gasteiger partial charge in [-0.3, -0.25) is 0 Å². The summed E-state index contributed by atoms with van der Waals surface area (Å²) in [5.41, 5.74) is 3.87. The Hall–Kier alpha value is -0.990. The third-order valence-corrected chi connectivity index (χ3v) is 4.09. The molecule has 2 nitrogen and oxygen atoms in total. The lowest BCUT2D eigenvalue weighted by atomic mass is 9.84. The highest BCUT2D eigenvalue weighted by Crippen LogP contribution is 2.34. The lowest BCUT2D eigenvalue weighted by Crippen LogP contribution is -2.30.